The van der Waals surface area contributed by atoms with E-state index >= 15 is 0 Å². The van der Waals surface area contributed by atoms with Crippen LogP contribution in [0.1, 0.15) is 35.9 Å². The van der Waals surface area contributed by atoms with Crippen molar-refractivity contribution < 1.29 is 9.18 Å². The zero-order chi connectivity index (χ0) is 12.4. The number of rotatable bonds is 3. The molecule has 1 atom stereocenters. The van der Waals surface area contributed by atoms with Gasteiger partial charge >= 0.3 is 0 Å². The molecular formula is C13H13FN2O. The van der Waals surface area contributed by atoms with E-state index in [2.05, 4.69) is 5.10 Å². The predicted molar refractivity (Wildman–Crippen MR) is 62.4 cm³/mol. The van der Waals surface area contributed by atoms with Crippen molar-refractivity contribution in [3.05, 3.63) is 53.6 Å². The largest absolute Gasteiger partial charge is 0.293 e. The van der Waals surface area contributed by atoms with E-state index in [1.165, 1.54) is 17.7 Å². The summed E-state index contributed by atoms with van der Waals surface area (Å²) in [4.78, 5) is 11.4. The van der Waals surface area contributed by atoms with Crippen LogP contribution in [-0.4, -0.2) is 15.6 Å². The van der Waals surface area contributed by atoms with Crippen LogP contribution in [0.5, 0.6) is 0 Å². The fourth-order valence-electron chi connectivity index (χ4n) is 1.80. The second-order valence-electron chi connectivity index (χ2n) is 3.94. The normalized spacial score (nSPS) is 12.4. The van der Waals surface area contributed by atoms with Gasteiger partial charge in [0.25, 0.3) is 0 Å². The minimum Gasteiger partial charge on any atom is -0.293 e. The summed E-state index contributed by atoms with van der Waals surface area (Å²) in [6.07, 6.45) is 0. The van der Waals surface area contributed by atoms with Crippen LogP contribution in [0.25, 0.3) is 0 Å². The highest BCUT2D eigenvalue weighted by molar-refractivity contribution is 5.92. The smallest absolute Gasteiger partial charge is 0.233 e. The molecule has 1 heterocycles. The number of nitrogens with zero attached hydrogens (tertiary/aromatic N) is 2. The number of carbonyl (C=O) groups is 1. The molecule has 0 saturated carbocycles. The molecule has 1 aromatic heterocycles. The Morgan fingerprint density at radius 1 is 1.35 bits per heavy atom. The lowest BCUT2D eigenvalue weighted by atomic mass is 10.1. The molecule has 0 amide bonds. The highest BCUT2D eigenvalue weighted by Gasteiger charge is 2.17. The Kier molecular flexibility index (Phi) is 3.04. The lowest BCUT2D eigenvalue weighted by Crippen LogP contribution is -2.14. The van der Waals surface area contributed by atoms with E-state index in [0.29, 0.717) is 5.69 Å². The SMILES string of the molecule is CC(=O)c1cc(F)nn1[C@H](C)c1ccccc1. The van der Waals surface area contributed by atoms with E-state index in [4.69, 9.17) is 0 Å². The van der Waals surface area contributed by atoms with Crippen LogP contribution in [0.15, 0.2) is 36.4 Å². The van der Waals surface area contributed by atoms with Crippen molar-refractivity contribution in [1.82, 2.24) is 9.78 Å². The van der Waals surface area contributed by atoms with Gasteiger partial charge in [0.1, 0.15) is 5.69 Å². The molecule has 0 radical (unpaired) electrons. The molecule has 0 fully saturated rings. The third-order valence-electron chi connectivity index (χ3n) is 2.72. The number of hydrogen-bond donors (Lipinski definition) is 0. The van der Waals surface area contributed by atoms with Crippen molar-refractivity contribution in [2.75, 3.05) is 0 Å². The zero-order valence-corrected chi connectivity index (χ0v) is 9.72. The molecular weight excluding hydrogens is 219 g/mol. The molecule has 4 heteroatoms. The topological polar surface area (TPSA) is 34.9 Å². The summed E-state index contributed by atoms with van der Waals surface area (Å²) in [5.41, 5.74) is 1.27. The van der Waals surface area contributed by atoms with Crippen molar-refractivity contribution in [2.45, 2.75) is 19.9 Å². The van der Waals surface area contributed by atoms with Crippen molar-refractivity contribution in [3.63, 3.8) is 0 Å². The fourth-order valence-corrected chi connectivity index (χ4v) is 1.80. The van der Waals surface area contributed by atoms with Crippen LogP contribution in [-0.2, 0) is 0 Å². The third-order valence-corrected chi connectivity index (χ3v) is 2.72. The number of benzene rings is 1. The number of Topliss-reactive ketones (excluding diaryl/α,β-unsaturated/α-hetero) is 1. The van der Waals surface area contributed by atoms with Gasteiger partial charge in [-0.05, 0) is 12.5 Å². The van der Waals surface area contributed by atoms with Gasteiger partial charge in [0.05, 0.1) is 6.04 Å². The fraction of sp³-hybridized carbons (Fsp3) is 0.231. The van der Waals surface area contributed by atoms with E-state index in [0.717, 1.165) is 5.56 Å². The molecule has 0 aliphatic carbocycles. The van der Waals surface area contributed by atoms with Gasteiger partial charge in [0.2, 0.25) is 5.95 Å². The summed E-state index contributed by atoms with van der Waals surface area (Å²) in [6.45, 7) is 3.29. The van der Waals surface area contributed by atoms with Crippen LogP contribution in [0.2, 0.25) is 0 Å². The molecule has 17 heavy (non-hydrogen) atoms. The van der Waals surface area contributed by atoms with Crippen molar-refractivity contribution in [1.29, 1.82) is 0 Å². The summed E-state index contributed by atoms with van der Waals surface area (Å²) in [5.74, 6) is -0.817. The monoisotopic (exact) mass is 232 g/mol. The van der Waals surface area contributed by atoms with E-state index in [9.17, 15) is 9.18 Å². The molecule has 0 N–H and O–H groups in total. The van der Waals surface area contributed by atoms with Gasteiger partial charge in [-0.3, -0.25) is 9.48 Å². The minimum absolute atomic E-state index is 0.167. The second kappa shape index (κ2) is 4.49. The molecule has 0 aliphatic heterocycles. The molecule has 0 bridgehead atoms. The van der Waals surface area contributed by atoms with Gasteiger partial charge in [0.15, 0.2) is 5.78 Å². The van der Waals surface area contributed by atoms with Gasteiger partial charge in [-0.2, -0.15) is 4.39 Å². The van der Waals surface area contributed by atoms with Gasteiger partial charge in [-0.1, -0.05) is 30.3 Å². The summed E-state index contributed by atoms with van der Waals surface area (Å²) < 4.78 is 14.6. The summed E-state index contributed by atoms with van der Waals surface area (Å²) in [5, 5.41) is 3.74. The molecule has 1 aromatic carbocycles. The van der Waals surface area contributed by atoms with E-state index in [1.807, 2.05) is 37.3 Å². The molecule has 2 aromatic rings. The average molecular weight is 232 g/mol. The first-order valence-corrected chi connectivity index (χ1v) is 5.40. The van der Waals surface area contributed by atoms with Gasteiger partial charge in [0, 0.05) is 13.0 Å². The molecule has 3 nitrogen and oxygen atoms in total. The predicted octanol–water partition coefficient (Wildman–Crippen LogP) is 2.83. The van der Waals surface area contributed by atoms with Crippen molar-refractivity contribution >= 4 is 5.78 Å². The molecule has 2 rings (SSSR count). The maximum atomic E-state index is 13.1. The Balaban J connectivity index is 2.44. The first-order chi connectivity index (χ1) is 8.09. The number of halogens is 1. The molecule has 0 spiro atoms. The first kappa shape index (κ1) is 11.5. The summed E-state index contributed by atoms with van der Waals surface area (Å²) in [7, 11) is 0. The highest BCUT2D eigenvalue weighted by Crippen LogP contribution is 2.19. The molecule has 0 aliphatic rings. The van der Waals surface area contributed by atoms with Gasteiger partial charge in [-0.25, -0.2) is 0 Å². The highest BCUT2D eigenvalue weighted by atomic mass is 19.1. The van der Waals surface area contributed by atoms with Crippen molar-refractivity contribution in [2.24, 2.45) is 0 Å². The first-order valence-electron chi connectivity index (χ1n) is 5.40. The number of hydrogen-bond acceptors (Lipinski definition) is 2. The average Bonchev–Trinajstić information content (AvgIpc) is 2.72. The molecule has 88 valence electrons. The Hall–Kier alpha value is -1.97. The lowest BCUT2D eigenvalue weighted by Gasteiger charge is -2.14. The van der Waals surface area contributed by atoms with E-state index in [1.54, 1.807) is 0 Å². The van der Waals surface area contributed by atoms with Gasteiger partial charge in [-0.15, -0.1) is 5.10 Å². The van der Waals surface area contributed by atoms with E-state index < -0.39 is 5.95 Å². The third kappa shape index (κ3) is 2.25. The molecule has 0 saturated heterocycles. The Bertz CT molecular complexity index is 534. The zero-order valence-electron chi connectivity index (χ0n) is 9.72. The summed E-state index contributed by atoms with van der Waals surface area (Å²) in [6, 6.07) is 10.6. The lowest BCUT2D eigenvalue weighted by molar-refractivity contribution is 0.100. The van der Waals surface area contributed by atoms with Crippen LogP contribution < -0.4 is 0 Å². The van der Waals surface area contributed by atoms with Crippen molar-refractivity contribution in [3.8, 4) is 0 Å². The standard InChI is InChI=1S/C13H13FN2O/c1-9(11-6-4-3-5-7-11)16-12(10(2)17)8-13(14)15-16/h3-9H,1-2H3/t9-/m1/s1. The Labute approximate surface area is 98.9 Å². The Morgan fingerprint density at radius 3 is 2.59 bits per heavy atom. The number of carbonyl (C=O) groups excluding carboxylic acids is 1. The number of ketones is 1. The van der Waals surface area contributed by atoms with Crippen LogP contribution in [0, 0.1) is 5.95 Å². The maximum Gasteiger partial charge on any atom is 0.233 e. The minimum atomic E-state index is -0.627. The van der Waals surface area contributed by atoms with Crippen LogP contribution in [0.3, 0.4) is 0 Å². The van der Waals surface area contributed by atoms with Crippen LogP contribution >= 0.6 is 0 Å². The Morgan fingerprint density at radius 2 is 2.00 bits per heavy atom. The molecule has 0 unspecified atom stereocenters. The summed E-state index contributed by atoms with van der Waals surface area (Å²) >= 11 is 0. The quantitative estimate of drug-likeness (QED) is 0.763. The van der Waals surface area contributed by atoms with Gasteiger partial charge < -0.3 is 0 Å². The van der Waals surface area contributed by atoms with Crippen LogP contribution in [0.4, 0.5) is 4.39 Å². The second-order valence-corrected chi connectivity index (χ2v) is 3.94. The maximum absolute atomic E-state index is 13.1. The van der Waals surface area contributed by atoms with E-state index in [-0.39, 0.29) is 11.8 Å². The number of aromatic nitrogens is 2.